The van der Waals surface area contributed by atoms with E-state index in [4.69, 9.17) is 11.6 Å². The number of benzene rings is 1. The highest BCUT2D eigenvalue weighted by atomic mass is 35.5. The van der Waals surface area contributed by atoms with E-state index < -0.39 is 0 Å². The van der Waals surface area contributed by atoms with Gasteiger partial charge in [0.1, 0.15) is 5.69 Å². The lowest BCUT2D eigenvalue weighted by atomic mass is 10.3. The van der Waals surface area contributed by atoms with E-state index in [1.165, 1.54) is 12.8 Å². The summed E-state index contributed by atoms with van der Waals surface area (Å²) in [6, 6.07) is 9.63. The van der Waals surface area contributed by atoms with Gasteiger partial charge < -0.3 is 5.32 Å². The van der Waals surface area contributed by atoms with Crippen LogP contribution in [-0.4, -0.2) is 15.8 Å². The second-order valence-electron chi connectivity index (χ2n) is 5.14. The summed E-state index contributed by atoms with van der Waals surface area (Å²) in [6.45, 7) is 2.39. The van der Waals surface area contributed by atoms with Crippen molar-refractivity contribution in [3.8, 4) is 5.69 Å². The van der Waals surface area contributed by atoms with Gasteiger partial charge in [0, 0.05) is 29.4 Å². The number of nitrogens with one attached hydrogen (secondary N) is 1. The molecule has 1 N–H and O–H groups in total. The maximum Gasteiger partial charge on any atom is 0.204 e. The molecule has 1 aliphatic rings. The van der Waals surface area contributed by atoms with Crippen LogP contribution in [0.25, 0.3) is 5.69 Å². The highest BCUT2D eigenvalue weighted by Crippen LogP contribution is 2.19. The first-order chi connectivity index (χ1) is 9.63. The maximum atomic E-state index is 12.0. The molecule has 1 saturated carbocycles. The number of aromatic nitrogens is 2. The third-order valence-electron chi connectivity index (χ3n) is 3.37. The molecule has 0 saturated heterocycles. The first-order valence-corrected chi connectivity index (χ1v) is 7.10. The minimum Gasteiger partial charge on any atom is -0.308 e. The molecule has 0 unspecified atom stereocenters. The van der Waals surface area contributed by atoms with Gasteiger partial charge in [0.25, 0.3) is 0 Å². The van der Waals surface area contributed by atoms with Gasteiger partial charge in [-0.3, -0.25) is 4.79 Å². The predicted octanol–water partition coefficient (Wildman–Crippen LogP) is 2.45. The second kappa shape index (κ2) is 5.38. The fourth-order valence-electron chi connectivity index (χ4n) is 2.10. The lowest BCUT2D eigenvalue weighted by Gasteiger charge is -2.11. The Morgan fingerprint density at radius 2 is 2.20 bits per heavy atom. The topological polar surface area (TPSA) is 46.9 Å². The summed E-state index contributed by atoms with van der Waals surface area (Å²) >= 11 is 6.01. The summed E-state index contributed by atoms with van der Waals surface area (Å²) in [7, 11) is 0. The number of hydrogen-bond donors (Lipinski definition) is 1. The standard InChI is InChI=1S/C15H16ClN3O/c1-10-7-15(20)14(9-17-12-5-6-12)18-19(10)13-4-2-3-11(16)8-13/h2-4,7-8,12,17H,5-6,9H2,1H3. The van der Waals surface area contributed by atoms with Crippen LogP contribution in [0.5, 0.6) is 0 Å². The molecule has 1 fully saturated rings. The van der Waals surface area contributed by atoms with Gasteiger partial charge in [-0.2, -0.15) is 5.10 Å². The Morgan fingerprint density at radius 3 is 2.90 bits per heavy atom. The molecule has 20 heavy (non-hydrogen) atoms. The summed E-state index contributed by atoms with van der Waals surface area (Å²) in [6.07, 6.45) is 2.38. The van der Waals surface area contributed by atoms with Gasteiger partial charge >= 0.3 is 0 Å². The van der Waals surface area contributed by atoms with Crippen molar-refractivity contribution in [2.24, 2.45) is 0 Å². The van der Waals surface area contributed by atoms with Crippen LogP contribution in [0.2, 0.25) is 5.02 Å². The van der Waals surface area contributed by atoms with Crippen LogP contribution < -0.4 is 10.7 Å². The molecule has 0 bridgehead atoms. The number of aryl methyl sites for hydroxylation is 1. The van der Waals surface area contributed by atoms with Gasteiger partial charge in [0.05, 0.1) is 5.69 Å². The fourth-order valence-corrected chi connectivity index (χ4v) is 2.29. The molecule has 5 heteroatoms. The highest BCUT2D eigenvalue weighted by Gasteiger charge is 2.21. The Morgan fingerprint density at radius 1 is 1.40 bits per heavy atom. The zero-order valence-electron chi connectivity index (χ0n) is 11.3. The molecule has 0 radical (unpaired) electrons. The molecular formula is C15H16ClN3O. The minimum atomic E-state index is -0.0195. The molecule has 0 atom stereocenters. The Balaban J connectivity index is 1.96. The van der Waals surface area contributed by atoms with E-state index in [9.17, 15) is 4.79 Å². The molecule has 0 aliphatic heterocycles. The van der Waals surface area contributed by atoms with E-state index in [1.54, 1.807) is 10.7 Å². The van der Waals surface area contributed by atoms with E-state index in [-0.39, 0.29) is 5.43 Å². The van der Waals surface area contributed by atoms with Crippen LogP contribution in [0.15, 0.2) is 35.1 Å². The molecule has 104 valence electrons. The molecule has 1 aromatic heterocycles. The molecular weight excluding hydrogens is 274 g/mol. The van der Waals surface area contributed by atoms with Gasteiger partial charge in [0.15, 0.2) is 0 Å². The Bertz CT molecular complexity index is 692. The van der Waals surface area contributed by atoms with Crippen molar-refractivity contribution in [2.75, 3.05) is 0 Å². The summed E-state index contributed by atoms with van der Waals surface area (Å²) in [5.74, 6) is 0. The second-order valence-corrected chi connectivity index (χ2v) is 5.58. The minimum absolute atomic E-state index is 0.0195. The van der Waals surface area contributed by atoms with E-state index in [0.29, 0.717) is 23.3 Å². The molecule has 4 nitrogen and oxygen atoms in total. The Labute approximate surface area is 122 Å². The van der Waals surface area contributed by atoms with E-state index in [2.05, 4.69) is 10.4 Å². The zero-order chi connectivity index (χ0) is 14.1. The quantitative estimate of drug-likeness (QED) is 0.940. The third-order valence-corrected chi connectivity index (χ3v) is 3.60. The fraction of sp³-hybridized carbons (Fsp3) is 0.333. The molecule has 0 amide bonds. The largest absolute Gasteiger partial charge is 0.308 e. The van der Waals surface area contributed by atoms with Gasteiger partial charge in [-0.15, -0.1) is 0 Å². The van der Waals surface area contributed by atoms with Gasteiger partial charge in [-0.05, 0) is 38.0 Å². The van der Waals surface area contributed by atoms with Crippen molar-refractivity contribution in [1.29, 1.82) is 0 Å². The van der Waals surface area contributed by atoms with Crippen LogP contribution in [0.3, 0.4) is 0 Å². The summed E-state index contributed by atoms with van der Waals surface area (Å²) in [4.78, 5) is 12.0. The van der Waals surface area contributed by atoms with Crippen molar-refractivity contribution < 1.29 is 0 Å². The summed E-state index contributed by atoms with van der Waals surface area (Å²) in [5, 5.41) is 8.44. The normalized spacial score (nSPS) is 14.5. The molecule has 3 rings (SSSR count). The lowest BCUT2D eigenvalue weighted by Crippen LogP contribution is -2.25. The SMILES string of the molecule is Cc1cc(=O)c(CNC2CC2)nn1-c1cccc(Cl)c1. The number of hydrogen-bond acceptors (Lipinski definition) is 3. The van der Waals surface area contributed by atoms with E-state index in [0.717, 1.165) is 11.4 Å². The van der Waals surface area contributed by atoms with Crippen LogP contribution in [0.4, 0.5) is 0 Å². The molecule has 1 aliphatic carbocycles. The Hall–Kier alpha value is -1.65. The van der Waals surface area contributed by atoms with Crippen LogP contribution in [0, 0.1) is 6.92 Å². The van der Waals surface area contributed by atoms with Crippen molar-refractivity contribution >= 4 is 11.6 Å². The van der Waals surface area contributed by atoms with Gasteiger partial charge in [-0.1, -0.05) is 17.7 Å². The molecule has 2 aromatic rings. The third kappa shape index (κ3) is 2.92. The molecule has 1 heterocycles. The molecule has 1 aromatic carbocycles. The summed E-state index contributed by atoms with van der Waals surface area (Å²) in [5.41, 5.74) is 2.19. The molecule has 0 spiro atoms. The Kier molecular flexibility index (Phi) is 3.59. The first kappa shape index (κ1) is 13.3. The van der Waals surface area contributed by atoms with Crippen LogP contribution in [-0.2, 0) is 6.54 Å². The van der Waals surface area contributed by atoms with Gasteiger partial charge in [-0.25, -0.2) is 4.68 Å². The highest BCUT2D eigenvalue weighted by molar-refractivity contribution is 6.30. The maximum absolute atomic E-state index is 12.0. The number of nitrogens with zero attached hydrogens (tertiary/aromatic N) is 2. The number of rotatable bonds is 4. The van der Waals surface area contributed by atoms with Crippen LogP contribution in [0.1, 0.15) is 24.2 Å². The summed E-state index contributed by atoms with van der Waals surface area (Å²) < 4.78 is 1.76. The van der Waals surface area contributed by atoms with Crippen molar-refractivity contribution in [3.63, 3.8) is 0 Å². The van der Waals surface area contributed by atoms with Crippen molar-refractivity contribution in [1.82, 2.24) is 15.1 Å². The zero-order valence-corrected chi connectivity index (χ0v) is 12.0. The van der Waals surface area contributed by atoms with Gasteiger partial charge in [0.2, 0.25) is 5.43 Å². The monoisotopic (exact) mass is 289 g/mol. The van der Waals surface area contributed by atoms with Crippen molar-refractivity contribution in [2.45, 2.75) is 32.4 Å². The van der Waals surface area contributed by atoms with E-state index >= 15 is 0 Å². The van der Waals surface area contributed by atoms with Crippen molar-refractivity contribution in [3.05, 3.63) is 57.0 Å². The predicted molar refractivity (Wildman–Crippen MR) is 79.4 cm³/mol. The average molecular weight is 290 g/mol. The average Bonchev–Trinajstić information content (AvgIpc) is 3.22. The first-order valence-electron chi connectivity index (χ1n) is 6.72. The number of halogens is 1. The van der Waals surface area contributed by atoms with Crippen LogP contribution >= 0.6 is 11.6 Å². The lowest BCUT2D eigenvalue weighted by molar-refractivity contribution is 0.642. The van der Waals surface area contributed by atoms with E-state index in [1.807, 2.05) is 31.2 Å². The smallest absolute Gasteiger partial charge is 0.204 e.